The molecular formula is C12H12F2O. The standard InChI is InChI=1S/C12H12F2O/c1-6-3-9(13)11(10(14)4-6)12(15)8-5-7(8)2/h3-4,7-8H,5H2,1-2H3. The molecule has 0 aliphatic heterocycles. The normalized spacial score (nSPS) is 24.0. The summed E-state index contributed by atoms with van der Waals surface area (Å²) in [4.78, 5) is 11.7. The molecule has 1 fully saturated rings. The van der Waals surface area contributed by atoms with Crippen LogP contribution in [0.15, 0.2) is 12.1 Å². The monoisotopic (exact) mass is 210 g/mol. The van der Waals surface area contributed by atoms with Gasteiger partial charge in [-0.25, -0.2) is 8.78 Å². The minimum Gasteiger partial charge on any atom is -0.294 e. The molecule has 0 bridgehead atoms. The molecular weight excluding hydrogens is 198 g/mol. The van der Waals surface area contributed by atoms with Crippen LogP contribution in [-0.4, -0.2) is 5.78 Å². The highest BCUT2D eigenvalue weighted by Gasteiger charge is 2.41. The lowest BCUT2D eigenvalue weighted by molar-refractivity contribution is 0.0954. The zero-order chi connectivity index (χ0) is 11.2. The molecule has 0 N–H and O–H groups in total. The van der Waals surface area contributed by atoms with Crippen LogP contribution in [0, 0.1) is 30.4 Å². The summed E-state index contributed by atoms with van der Waals surface area (Å²) >= 11 is 0. The van der Waals surface area contributed by atoms with Gasteiger partial charge in [-0.1, -0.05) is 6.92 Å². The molecule has 0 heterocycles. The van der Waals surface area contributed by atoms with Crippen LogP contribution in [0.3, 0.4) is 0 Å². The third kappa shape index (κ3) is 1.78. The van der Waals surface area contributed by atoms with Crippen molar-refractivity contribution in [1.29, 1.82) is 0 Å². The Morgan fingerprint density at radius 3 is 2.20 bits per heavy atom. The highest BCUT2D eigenvalue weighted by atomic mass is 19.1. The van der Waals surface area contributed by atoms with Gasteiger partial charge in [0.1, 0.15) is 11.6 Å². The predicted molar refractivity (Wildman–Crippen MR) is 52.7 cm³/mol. The zero-order valence-corrected chi connectivity index (χ0v) is 8.68. The first-order valence-electron chi connectivity index (χ1n) is 5.00. The fourth-order valence-corrected chi connectivity index (χ4v) is 1.81. The van der Waals surface area contributed by atoms with Gasteiger partial charge >= 0.3 is 0 Å². The second-order valence-corrected chi connectivity index (χ2v) is 4.29. The van der Waals surface area contributed by atoms with E-state index in [9.17, 15) is 13.6 Å². The van der Waals surface area contributed by atoms with Crippen molar-refractivity contribution in [2.75, 3.05) is 0 Å². The average molecular weight is 210 g/mol. The van der Waals surface area contributed by atoms with E-state index in [2.05, 4.69) is 0 Å². The Morgan fingerprint density at radius 2 is 1.80 bits per heavy atom. The Hall–Kier alpha value is -1.25. The van der Waals surface area contributed by atoms with Gasteiger partial charge < -0.3 is 0 Å². The first-order chi connectivity index (χ1) is 7.00. The minimum atomic E-state index is -0.739. The van der Waals surface area contributed by atoms with E-state index in [1.54, 1.807) is 6.92 Å². The molecule has 0 aromatic heterocycles. The molecule has 15 heavy (non-hydrogen) atoms. The number of Topliss-reactive ketones (excluding diaryl/α,β-unsaturated/α-hetero) is 1. The highest BCUT2D eigenvalue weighted by molar-refractivity contribution is 6.00. The van der Waals surface area contributed by atoms with Crippen molar-refractivity contribution in [1.82, 2.24) is 0 Å². The van der Waals surface area contributed by atoms with Crippen LogP contribution < -0.4 is 0 Å². The Bertz CT molecular complexity index is 403. The average Bonchev–Trinajstić information content (AvgIpc) is 2.80. The first-order valence-corrected chi connectivity index (χ1v) is 5.00. The molecule has 0 saturated heterocycles. The van der Waals surface area contributed by atoms with Crippen LogP contribution in [0.2, 0.25) is 0 Å². The van der Waals surface area contributed by atoms with Crippen LogP contribution in [0.5, 0.6) is 0 Å². The molecule has 2 atom stereocenters. The quantitative estimate of drug-likeness (QED) is 0.685. The molecule has 1 nitrogen and oxygen atoms in total. The number of carbonyl (C=O) groups is 1. The smallest absolute Gasteiger partial charge is 0.172 e. The number of hydrogen-bond acceptors (Lipinski definition) is 1. The summed E-state index contributed by atoms with van der Waals surface area (Å²) in [6.45, 7) is 3.51. The van der Waals surface area contributed by atoms with Crippen molar-refractivity contribution < 1.29 is 13.6 Å². The van der Waals surface area contributed by atoms with Gasteiger partial charge in [0.05, 0.1) is 5.56 Å². The van der Waals surface area contributed by atoms with Crippen molar-refractivity contribution in [3.63, 3.8) is 0 Å². The van der Waals surface area contributed by atoms with E-state index in [1.165, 1.54) is 12.1 Å². The van der Waals surface area contributed by atoms with E-state index in [0.29, 0.717) is 5.56 Å². The zero-order valence-electron chi connectivity index (χ0n) is 8.68. The summed E-state index contributed by atoms with van der Waals surface area (Å²) in [6, 6.07) is 2.40. The lowest BCUT2D eigenvalue weighted by Crippen LogP contribution is -2.09. The molecule has 1 aromatic rings. The lowest BCUT2D eigenvalue weighted by atomic mass is 10.0. The van der Waals surface area contributed by atoms with Crippen molar-refractivity contribution in [3.8, 4) is 0 Å². The van der Waals surface area contributed by atoms with Crippen molar-refractivity contribution in [2.45, 2.75) is 20.3 Å². The van der Waals surface area contributed by atoms with Gasteiger partial charge in [0.25, 0.3) is 0 Å². The number of rotatable bonds is 2. The van der Waals surface area contributed by atoms with Crippen LogP contribution in [0.25, 0.3) is 0 Å². The van der Waals surface area contributed by atoms with Crippen LogP contribution in [0.4, 0.5) is 8.78 Å². The lowest BCUT2D eigenvalue weighted by Gasteiger charge is -2.04. The first kappa shape index (κ1) is 10.3. The van der Waals surface area contributed by atoms with Crippen molar-refractivity contribution in [2.24, 2.45) is 11.8 Å². The Balaban J connectivity index is 2.39. The van der Waals surface area contributed by atoms with E-state index in [0.717, 1.165) is 6.42 Å². The number of hydrogen-bond donors (Lipinski definition) is 0. The van der Waals surface area contributed by atoms with Crippen LogP contribution in [0.1, 0.15) is 29.3 Å². The molecule has 1 aromatic carbocycles. The van der Waals surface area contributed by atoms with Gasteiger partial charge in [-0.2, -0.15) is 0 Å². The second kappa shape index (κ2) is 3.40. The van der Waals surface area contributed by atoms with Crippen LogP contribution in [-0.2, 0) is 0 Å². The van der Waals surface area contributed by atoms with Gasteiger partial charge in [-0.15, -0.1) is 0 Å². The Morgan fingerprint density at radius 1 is 1.33 bits per heavy atom. The summed E-state index contributed by atoms with van der Waals surface area (Å²) in [5, 5.41) is 0. The molecule has 1 saturated carbocycles. The third-order valence-corrected chi connectivity index (χ3v) is 2.88. The molecule has 0 radical (unpaired) electrons. The minimum absolute atomic E-state index is 0.184. The highest BCUT2D eigenvalue weighted by Crippen LogP contribution is 2.41. The molecule has 2 unspecified atom stereocenters. The van der Waals surface area contributed by atoms with Gasteiger partial charge in [0, 0.05) is 5.92 Å². The SMILES string of the molecule is Cc1cc(F)c(C(=O)C2CC2C)c(F)c1. The van der Waals surface area contributed by atoms with E-state index < -0.39 is 17.4 Å². The summed E-state index contributed by atoms with van der Waals surface area (Å²) < 4.78 is 26.8. The summed E-state index contributed by atoms with van der Waals surface area (Å²) in [6.07, 6.45) is 0.742. The number of benzene rings is 1. The van der Waals surface area contributed by atoms with Crippen molar-refractivity contribution >= 4 is 5.78 Å². The molecule has 0 amide bonds. The van der Waals surface area contributed by atoms with Gasteiger partial charge in [-0.3, -0.25) is 4.79 Å². The maximum Gasteiger partial charge on any atom is 0.172 e. The van der Waals surface area contributed by atoms with E-state index in [-0.39, 0.29) is 17.4 Å². The maximum atomic E-state index is 13.4. The maximum absolute atomic E-state index is 13.4. The predicted octanol–water partition coefficient (Wildman–Crippen LogP) is 3.11. The molecule has 0 spiro atoms. The largest absolute Gasteiger partial charge is 0.294 e. The molecule has 3 heteroatoms. The van der Waals surface area contributed by atoms with Gasteiger partial charge in [0.15, 0.2) is 5.78 Å². The summed E-state index contributed by atoms with van der Waals surface area (Å²) in [5.74, 6) is -1.79. The van der Waals surface area contributed by atoms with Crippen molar-refractivity contribution in [3.05, 3.63) is 34.9 Å². The number of halogens is 2. The fourth-order valence-electron chi connectivity index (χ4n) is 1.81. The Kier molecular flexibility index (Phi) is 2.33. The topological polar surface area (TPSA) is 17.1 Å². The number of carbonyl (C=O) groups excluding carboxylic acids is 1. The van der Waals surface area contributed by atoms with E-state index >= 15 is 0 Å². The van der Waals surface area contributed by atoms with Crippen LogP contribution >= 0.6 is 0 Å². The van der Waals surface area contributed by atoms with Gasteiger partial charge in [0.2, 0.25) is 0 Å². The second-order valence-electron chi connectivity index (χ2n) is 4.29. The molecule has 2 rings (SSSR count). The summed E-state index contributed by atoms with van der Waals surface area (Å²) in [5.41, 5.74) is 0.125. The van der Waals surface area contributed by atoms with Gasteiger partial charge in [-0.05, 0) is 37.0 Å². The van der Waals surface area contributed by atoms with E-state index in [1.807, 2.05) is 6.92 Å². The molecule has 80 valence electrons. The third-order valence-electron chi connectivity index (χ3n) is 2.88. The Labute approximate surface area is 87.1 Å². The summed E-state index contributed by atoms with van der Waals surface area (Å²) in [7, 11) is 0. The number of aryl methyl sites for hydroxylation is 1. The fraction of sp³-hybridized carbons (Fsp3) is 0.417. The molecule has 1 aliphatic carbocycles. The van der Waals surface area contributed by atoms with E-state index in [4.69, 9.17) is 0 Å². The number of ketones is 1. The molecule has 1 aliphatic rings.